The number of amides is 5. The highest BCUT2D eigenvalue weighted by atomic mass is 16.5. The smallest absolute Gasteiger partial charge is 0.305 e. The maximum Gasteiger partial charge on any atom is 0.305 e. The molecule has 3 rings (SSSR count). The first-order chi connectivity index (χ1) is 27.3. The number of ether oxygens (including phenoxy) is 2. The number of guanidine groups is 1. The second-order valence-electron chi connectivity index (χ2n) is 12.5. The number of nitrogens with two attached hydrogens (primary N) is 1. The SMILES string of the molecule is CC(C)=NNc1ccc(C(=O)NCCOCCC(=O)NCCCOc2ccc(NC(=O)[C@H](CC(=O)O)NC(=O)CNC(=O)c3cccc(NC(=N)N)c3)cc2)cc1. The van der Waals surface area contributed by atoms with Gasteiger partial charge in [-0.3, -0.25) is 39.6 Å². The number of carboxylic acid groups (broad SMARTS) is 1. The van der Waals surface area contributed by atoms with E-state index < -0.39 is 42.7 Å². The summed E-state index contributed by atoms with van der Waals surface area (Å²) in [7, 11) is 0. The van der Waals surface area contributed by atoms with Crippen molar-refractivity contribution < 1.29 is 43.3 Å². The van der Waals surface area contributed by atoms with Crippen molar-refractivity contribution in [3.8, 4) is 5.75 Å². The first-order valence-corrected chi connectivity index (χ1v) is 17.8. The van der Waals surface area contributed by atoms with Gasteiger partial charge in [0.2, 0.25) is 17.7 Å². The van der Waals surface area contributed by atoms with Crippen LogP contribution in [0.25, 0.3) is 0 Å². The van der Waals surface area contributed by atoms with Crippen molar-refractivity contribution in [2.24, 2.45) is 10.8 Å². The minimum atomic E-state index is -1.44. The van der Waals surface area contributed by atoms with Gasteiger partial charge in [-0.1, -0.05) is 6.07 Å². The fourth-order valence-electron chi connectivity index (χ4n) is 4.71. The van der Waals surface area contributed by atoms with Crippen LogP contribution in [0.3, 0.4) is 0 Å². The fraction of sp³-hybridized carbons (Fsp3) is 0.316. The molecule has 0 aromatic heterocycles. The van der Waals surface area contributed by atoms with E-state index in [0.717, 1.165) is 11.4 Å². The van der Waals surface area contributed by atoms with E-state index in [9.17, 15) is 33.9 Å². The highest BCUT2D eigenvalue weighted by molar-refractivity contribution is 6.01. The molecule has 0 unspecified atom stereocenters. The third-order valence-corrected chi connectivity index (χ3v) is 7.44. The molecule has 0 aliphatic heterocycles. The largest absolute Gasteiger partial charge is 0.494 e. The Bertz CT molecular complexity index is 1880. The maximum absolute atomic E-state index is 12.9. The first kappa shape index (κ1) is 44.4. The molecule has 0 saturated carbocycles. The molecule has 0 saturated heterocycles. The number of anilines is 3. The molecule has 0 heterocycles. The van der Waals surface area contributed by atoms with Gasteiger partial charge in [0, 0.05) is 47.7 Å². The number of aliphatic carboxylic acids is 1. The summed E-state index contributed by atoms with van der Waals surface area (Å²) in [6.45, 7) is 4.59. The molecule has 57 heavy (non-hydrogen) atoms. The van der Waals surface area contributed by atoms with Crippen LogP contribution in [0.4, 0.5) is 17.1 Å². The number of nitrogens with one attached hydrogen (secondary N) is 8. The number of carbonyl (C=O) groups excluding carboxylic acids is 5. The van der Waals surface area contributed by atoms with E-state index in [-0.39, 0.29) is 56.1 Å². The molecule has 0 aliphatic carbocycles. The zero-order valence-corrected chi connectivity index (χ0v) is 31.6. The first-order valence-electron chi connectivity index (χ1n) is 17.8. The van der Waals surface area contributed by atoms with E-state index in [1.165, 1.54) is 24.3 Å². The number of hydrogen-bond acceptors (Lipinski definition) is 11. The Morgan fingerprint density at radius 3 is 2.16 bits per heavy atom. The molecule has 0 fully saturated rings. The Labute approximate surface area is 329 Å². The Kier molecular flexibility index (Phi) is 18.4. The Morgan fingerprint density at radius 1 is 0.772 bits per heavy atom. The summed E-state index contributed by atoms with van der Waals surface area (Å²) in [6.07, 6.45) is -0.0413. The summed E-state index contributed by atoms with van der Waals surface area (Å²) in [5.41, 5.74) is 11.2. The molecule has 0 aliphatic rings. The molecular weight excluding hydrogens is 740 g/mol. The number of benzene rings is 3. The molecule has 0 bridgehead atoms. The summed E-state index contributed by atoms with van der Waals surface area (Å²) >= 11 is 0. The minimum Gasteiger partial charge on any atom is -0.494 e. The van der Waals surface area contributed by atoms with Crippen LogP contribution in [-0.4, -0.2) is 97.8 Å². The Balaban J connectivity index is 1.28. The average Bonchev–Trinajstić information content (AvgIpc) is 3.17. The van der Waals surface area contributed by atoms with Gasteiger partial charge >= 0.3 is 5.97 Å². The van der Waals surface area contributed by atoms with Crippen LogP contribution in [0.15, 0.2) is 77.9 Å². The van der Waals surface area contributed by atoms with Crippen molar-refractivity contribution in [2.45, 2.75) is 39.2 Å². The highest BCUT2D eigenvalue weighted by Crippen LogP contribution is 2.17. The molecule has 5 amide bonds. The predicted octanol–water partition coefficient (Wildman–Crippen LogP) is 1.85. The van der Waals surface area contributed by atoms with E-state index in [2.05, 4.69) is 42.4 Å². The predicted molar refractivity (Wildman–Crippen MR) is 213 cm³/mol. The summed E-state index contributed by atoms with van der Waals surface area (Å²) in [4.78, 5) is 73.7. The molecule has 3 aromatic rings. The number of carbonyl (C=O) groups is 6. The number of rotatable bonds is 23. The topological polar surface area (TPSA) is 288 Å². The van der Waals surface area contributed by atoms with Gasteiger partial charge in [-0.05, 0) is 87.0 Å². The zero-order chi connectivity index (χ0) is 41.6. The zero-order valence-electron chi connectivity index (χ0n) is 31.6. The normalized spacial score (nSPS) is 10.8. The standard InChI is InChI=1S/C38H48N10O9/c1-24(2)47-48-28-9-7-25(8-10-28)35(53)42-17-20-56-19-15-32(49)41-16-4-18-57-30-13-11-27(12-14-30)44-37(55)31(22-34(51)52)46-33(50)23-43-36(54)26-5-3-6-29(21-26)45-38(39)40/h3,5-14,21,31,48H,4,15-20,22-23H2,1-2H3,(H,41,49)(H,42,53)(H,43,54)(H,44,55)(H,46,50)(H,51,52)(H4,39,40,45)/t31-/m0/s1. The van der Waals surface area contributed by atoms with Crippen molar-refractivity contribution in [3.63, 3.8) is 0 Å². The summed E-state index contributed by atoms with van der Waals surface area (Å²) < 4.78 is 11.1. The lowest BCUT2D eigenvalue weighted by Crippen LogP contribution is -2.48. The van der Waals surface area contributed by atoms with E-state index in [0.29, 0.717) is 35.7 Å². The van der Waals surface area contributed by atoms with E-state index in [1.807, 2.05) is 13.8 Å². The Hall–Kier alpha value is -7.02. The van der Waals surface area contributed by atoms with E-state index in [4.69, 9.17) is 20.6 Å². The number of hydrazone groups is 1. The van der Waals surface area contributed by atoms with Gasteiger partial charge in [0.25, 0.3) is 11.8 Å². The van der Waals surface area contributed by atoms with E-state index in [1.54, 1.807) is 48.5 Å². The number of nitrogens with zero attached hydrogens (tertiary/aromatic N) is 1. The molecule has 3 aromatic carbocycles. The van der Waals surface area contributed by atoms with Crippen LogP contribution in [0.2, 0.25) is 0 Å². The maximum atomic E-state index is 12.9. The lowest BCUT2D eigenvalue weighted by atomic mass is 10.1. The molecular formula is C38H48N10O9. The van der Waals surface area contributed by atoms with Gasteiger partial charge in [-0.2, -0.15) is 5.10 Å². The van der Waals surface area contributed by atoms with Crippen molar-refractivity contribution in [1.82, 2.24) is 21.3 Å². The van der Waals surface area contributed by atoms with Gasteiger partial charge < -0.3 is 52.2 Å². The fourth-order valence-corrected chi connectivity index (χ4v) is 4.71. The molecule has 19 heteroatoms. The van der Waals surface area contributed by atoms with Crippen molar-refractivity contribution in [1.29, 1.82) is 5.41 Å². The minimum absolute atomic E-state index is 0.154. The van der Waals surface area contributed by atoms with Crippen LogP contribution in [-0.2, 0) is 23.9 Å². The number of hydrogen-bond donors (Lipinski definition) is 10. The number of carboxylic acids is 1. The lowest BCUT2D eigenvalue weighted by Gasteiger charge is -2.17. The van der Waals surface area contributed by atoms with Gasteiger partial charge in [0.05, 0.1) is 38.5 Å². The van der Waals surface area contributed by atoms with Crippen molar-refractivity contribution in [2.75, 3.05) is 55.5 Å². The van der Waals surface area contributed by atoms with Crippen molar-refractivity contribution in [3.05, 3.63) is 83.9 Å². The highest BCUT2D eigenvalue weighted by Gasteiger charge is 2.24. The van der Waals surface area contributed by atoms with Crippen LogP contribution in [0, 0.1) is 5.41 Å². The van der Waals surface area contributed by atoms with Crippen LogP contribution in [0.5, 0.6) is 5.75 Å². The Morgan fingerprint density at radius 2 is 1.47 bits per heavy atom. The third kappa shape index (κ3) is 17.8. The summed E-state index contributed by atoms with van der Waals surface area (Å²) in [5, 5.41) is 36.1. The average molecular weight is 789 g/mol. The second kappa shape index (κ2) is 23.7. The second-order valence-corrected chi connectivity index (χ2v) is 12.5. The van der Waals surface area contributed by atoms with E-state index >= 15 is 0 Å². The monoisotopic (exact) mass is 788 g/mol. The summed E-state index contributed by atoms with van der Waals surface area (Å²) in [5.74, 6) is -3.79. The quantitative estimate of drug-likeness (QED) is 0.0285. The van der Waals surface area contributed by atoms with Crippen LogP contribution >= 0.6 is 0 Å². The molecule has 11 N–H and O–H groups in total. The van der Waals surface area contributed by atoms with Crippen molar-refractivity contribution >= 4 is 64.2 Å². The van der Waals surface area contributed by atoms with Gasteiger partial charge in [0.1, 0.15) is 11.8 Å². The van der Waals surface area contributed by atoms with Crippen LogP contribution in [0.1, 0.15) is 53.8 Å². The van der Waals surface area contributed by atoms with Gasteiger partial charge in [-0.25, -0.2) is 0 Å². The third-order valence-electron chi connectivity index (χ3n) is 7.44. The molecule has 304 valence electrons. The molecule has 0 spiro atoms. The molecule has 1 atom stereocenters. The lowest BCUT2D eigenvalue weighted by molar-refractivity contribution is -0.139. The summed E-state index contributed by atoms with van der Waals surface area (Å²) in [6, 6.07) is 17.8. The van der Waals surface area contributed by atoms with Gasteiger partial charge in [0.15, 0.2) is 5.96 Å². The van der Waals surface area contributed by atoms with Gasteiger partial charge in [-0.15, -0.1) is 0 Å². The molecule has 19 nitrogen and oxygen atoms in total. The van der Waals surface area contributed by atoms with Crippen LogP contribution < -0.4 is 47.8 Å². The molecule has 0 radical (unpaired) electrons.